The van der Waals surface area contributed by atoms with E-state index in [1.54, 1.807) is 12.1 Å². The molecule has 0 saturated heterocycles. The molecule has 0 spiro atoms. The number of carbonyl (C=O) groups excluding carboxylic acids is 1. The molecule has 0 aliphatic heterocycles. The van der Waals surface area contributed by atoms with Crippen molar-refractivity contribution >= 4 is 11.6 Å². The topological polar surface area (TPSA) is 72.3 Å². The van der Waals surface area contributed by atoms with Gasteiger partial charge in [0, 0.05) is 30.9 Å². The summed E-state index contributed by atoms with van der Waals surface area (Å²) in [6, 6.07) is 7.24. The van der Waals surface area contributed by atoms with Crippen molar-refractivity contribution in [2.45, 2.75) is 6.92 Å². The fraction of sp³-hybridized carbons (Fsp3) is 0.364. The maximum atomic E-state index is 10.9. The van der Waals surface area contributed by atoms with E-state index >= 15 is 0 Å². The third-order valence-electron chi connectivity index (χ3n) is 2.30. The van der Waals surface area contributed by atoms with Crippen LogP contribution >= 0.6 is 0 Å². The molecule has 0 saturated carbocycles. The first kappa shape index (κ1) is 11.5. The van der Waals surface area contributed by atoms with E-state index in [-0.39, 0.29) is 0 Å². The van der Waals surface area contributed by atoms with Gasteiger partial charge in [-0.3, -0.25) is 4.79 Å². The van der Waals surface area contributed by atoms with E-state index < -0.39 is 5.91 Å². The first-order chi connectivity index (χ1) is 7.19. The van der Waals surface area contributed by atoms with E-state index in [2.05, 4.69) is 11.8 Å². The molecule has 1 amide bonds. The molecule has 15 heavy (non-hydrogen) atoms. The molecule has 0 aliphatic carbocycles. The molecular formula is C11H17N3O. The van der Waals surface area contributed by atoms with E-state index in [4.69, 9.17) is 11.5 Å². The van der Waals surface area contributed by atoms with Gasteiger partial charge in [0.1, 0.15) is 0 Å². The lowest BCUT2D eigenvalue weighted by Crippen LogP contribution is -2.29. The predicted molar refractivity (Wildman–Crippen MR) is 61.9 cm³/mol. The monoisotopic (exact) mass is 207 g/mol. The molecule has 1 aromatic rings. The zero-order valence-electron chi connectivity index (χ0n) is 8.94. The first-order valence-electron chi connectivity index (χ1n) is 5.04. The van der Waals surface area contributed by atoms with Gasteiger partial charge >= 0.3 is 0 Å². The molecule has 0 bridgehead atoms. The maximum Gasteiger partial charge on any atom is 0.248 e. The average Bonchev–Trinajstić information content (AvgIpc) is 2.26. The third-order valence-corrected chi connectivity index (χ3v) is 2.30. The van der Waals surface area contributed by atoms with Crippen LogP contribution in [0.4, 0.5) is 5.69 Å². The van der Waals surface area contributed by atoms with Crippen molar-refractivity contribution in [2.24, 2.45) is 11.5 Å². The second-order valence-electron chi connectivity index (χ2n) is 3.28. The van der Waals surface area contributed by atoms with E-state index in [1.807, 2.05) is 12.1 Å². The van der Waals surface area contributed by atoms with E-state index in [0.29, 0.717) is 12.1 Å². The lowest BCUT2D eigenvalue weighted by atomic mass is 10.2. The summed E-state index contributed by atoms with van der Waals surface area (Å²) in [5.41, 5.74) is 12.3. The van der Waals surface area contributed by atoms with Gasteiger partial charge in [-0.15, -0.1) is 0 Å². The number of anilines is 1. The Kier molecular flexibility index (Phi) is 4.12. The summed E-state index contributed by atoms with van der Waals surface area (Å²) in [7, 11) is 0. The number of amides is 1. The minimum absolute atomic E-state index is 0.400. The van der Waals surface area contributed by atoms with Crippen molar-refractivity contribution in [1.82, 2.24) is 0 Å². The Morgan fingerprint density at radius 3 is 2.33 bits per heavy atom. The molecule has 1 aromatic carbocycles. The molecule has 4 heteroatoms. The van der Waals surface area contributed by atoms with Crippen molar-refractivity contribution in [2.75, 3.05) is 24.5 Å². The fourth-order valence-electron chi connectivity index (χ4n) is 1.46. The number of nitrogens with zero attached hydrogens (tertiary/aromatic N) is 1. The van der Waals surface area contributed by atoms with Gasteiger partial charge in [-0.05, 0) is 31.2 Å². The van der Waals surface area contributed by atoms with Crippen LogP contribution in [-0.4, -0.2) is 25.5 Å². The van der Waals surface area contributed by atoms with Gasteiger partial charge in [-0.2, -0.15) is 0 Å². The van der Waals surface area contributed by atoms with E-state index in [1.165, 1.54) is 0 Å². The van der Waals surface area contributed by atoms with Crippen molar-refractivity contribution in [1.29, 1.82) is 0 Å². The minimum Gasteiger partial charge on any atom is -0.371 e. The summed E-state index contributed by atoms with van der Waals surface area (Å²) in [6.07, 6.45) is 0. The van der Waals surface area contributed by atoms with Gasteiger partial charge in [0.2, 0.25) is 5.91 Å². The first-order valence-corrected chi connectivity index (χ1v) is 5.04. The number of likely N-dealkylation sites (N-methyl/N-ethyl adjacent to an activating group) is 1. The third kappa shape index (κ3) is 2.95. The lowest BCUT2D eigenvalue weighted by Gasteiger charge is -2.22. The number of nitrogens with two attached hydrogens (primary N) is 2. The van der Waals surface area contributed by atoms with Crippen LogP contribution in [-0.2, 0) is 0 Å². The number of rotatable bonds is 5. The Labute approximate surface area is 89.9 Å². The summed E-state index contributed by atoms with van der Waals surface area (Å²) < 4.78 is 0. The highest BCUT2D eigenvalue weighted by Crippen LogP contribution is 2.14. The van der Waals surface area contributed by atoms with Gasteiger partial charge < -0.3 is 16.4 Å². The van der Waals surface area contributed by atoms with Gasteiger partial charge in [0.05, 0.1) is 0 Å². The van der Waals surface area contributed by atoms with Gasteiger partial charge in [-0.1, -0.05) is 0 Å². The lowest BCUT2D eigenvalue weighted by molar-refractivity contribution is 0.100. The summed E-state index contributed by atoms with van der Waals surface area (Å²) in [4.78, 5) is 13.0. The normalized spacial score (nSPS) is 10.0. The summed E-state index contributed by atoms with van der Waals surface area (Å²) >= 11 is 0. The molecule has 0 unspecified atom stereocenters. The SMILES string of the molecule is CCN(CCN)c1ccc(C(N)=O)cc1. The fourth-order valence-corrected chi connectivity index (χ4v) is 1.46. The summed E-state index contributed by atoms with van der Waals surface area (Å²) in [6.45, 7) is 4.39. The Bertz CT molecular complexity index is 321. The highest BCUT2D eigenvalue weighted by atomic mass is 16.1. The standard InChI is InChI=1S/C11H17N3O/c1-2-14(8-7-12)10-5-3-9(4-6-10)11(13)15/h3-6H,2,7-8,12H2,1H3,(H2,13,15). The van der Waals surface area contributed by atoms with E-state index in [9.17, 15) is 4.79 Å². The zero-order valence-corrected chi connectivity index (χ0v) is 8.94. The van der Waals surface area contributed by atoms with Crippen molar-refractivity contribution < 1.29 is 4.79 Å². The molecule has 4 nitrogen and oxygen atoms in total. The predicted octanol–water partition coefficient (Wildman–Crippen LogP) is 0.570. The number of carbonyl (C=O) groups is 1. The van der Waals surface area contributed by atoms with Crippen LogP contribution in [0.25, 0.3) is 0 Å². The Morgan fingerprint density at radius 1 is 1.33 bits per heavy atom. The molecular weight excluding hydrogens is 190 g/mol. The van der Waals surface area contributed by atoms with Gasteiger partial charge in [0.25, 0.3) is 0 Å². The largest absolute Gasteiger partial charge is 0.371 e. The molecule has 0 fully saturated rings. The molecule has 4 N–H and O–H groups in total. The van der Waals surface area contributed by atoms with Gasteiger partial charge in [-0.25, -0.2) is 0 Å². The Balaban J connectivity index is 2.81. The number of benzene rings is 1. The van der Waals surface area contributed by atoms with Crippen LogP contribution in [0.5, 0.6) is 0 Å². The zero-order chi connectivity index (χ0) is 11.3. The van der Waals surface area contributed by atoms with Crippen molar-refractivity contribution in [3.8, 4) is 0 Å². The highest BCUT2D eigenvalue weighted by molar-refractivity contribution is 5.93. The van der Waals surface area contributed by atoms with Gasteiger partial charge in [0.15, 0.2) is 0 Å². The number of hydrogen-bond acceptors (Lipinski definition) is 3. The molecule has 0 aliphatic rings. The molecule has 0 atom stereocenters. The number of primary amides is 1. The minimum atomic E-state index is -0.400. The maximum absolute atomic E-state index is 10.9. The molecule has 1 rings (SSSR count). The summed E-state index contributed by atoms with van der Waals surface area (Å²) in [5, 5.41) is 0. The molecule has 82 valence electrons. The molecule has 0 radical (unpaired) electrons. The summed E-state index contributed by atoms with van der Waals surface area (Å²) in [5.74, 6) is -0.400. The number of hydrogen-bond donors (Lipinski definition) is 2. The highest BCUT2D eigenvalue weighted by Gasteiger charge is 2.04. The van der Waals surface area contributed by atoms with Crippen LogP contribution in [0.2, 0.25) is 0 Å². The van der Waals surface area contributed by atoms with Crippen LogP contribution in [0.1, 0.15) is 17.3 Å². The van der Waals surface area contributed by atoms with E-state index in [0.717, 1.165) is 18.8 Å². The Morgan fingerprint density at radius 2 is 1.93 bits per heavy atom. The molecule has 0 aromatic heterocycles. The Hall–Kier alpha value is -1.55. The van der Waals surface area contributed by atoms with Crippen LogP contribution in [0.15, 0.2) is 24.3 Å². The second kappa shape index (κ2) is 5.36. The van der Waals surface area contributed by atoms with Crippen LogP contribution < -0.4 is 16.4 Å². The smallest absolute Gasteiger partial charge is 0.248 e. The van der Waals surface area contributed by atoms with Crippen molar-refractivity contribution in [3.05, 3.63) is 29.8 Å². The van der Waals surface area contributed by atoms with Crippen molar-refractivity contribution in [3.63, 3.8) is 0 Å². The van der Waals surface area contributed by atoms with Crippen LogP contribution in [0, 0.1) is 0 Å². The molecule has 0 heterocycles. The van der Waals surface area contributed by atoms with Crippen LogP contribution in [0.3, 0.4) is 0 Å². The quantitative estimate of drug-likeness (QED) is 0.741. The average molecular weight is 207 g/mol. The second-order valence-corrected chi connectivity index (χ2v) is 3.28.